The molecule has 0 radical (unpaired) electrons. The van der Waals surface area contributed by atoms with E-state index in [0.717, 1.165) is 0 Å². The minimum absolute atomic E-state index is 0.0162. The van der Waals surface area contributed by atoms with Gasteiger partial charge in [0.05, 0.1) is 12.2 Å². The first-order valence-electron chi connectivity index (χ1n) is 11.3. The average Bonchev–Trinajstić information content (AvgIpc) is 3.31. The second-order valence-corrected chi connectivity index (χ2v) is 9.03. The maximum absolute atomic E-state index is 13.0. The molecular weight excluding hydrogens is 472 g/mol. The van der Waals surface area contributed by atoms with Crippen molar-refractivity contribution >= 4 is 50.3 Å². The quantitative estimate of drug-likeness (QED) is 0.469. The fourth-order valence-electron chi connectivity index (χ4n) is 3.91. The molecule has 3 aromatic rings. The third kappa shape index (κ3) is 5.48. The summed E-state index contributed by atoms with van der Waals surface area (Å²) < 4.78 is 6.57. The summed E-state index contributed by atoms with van der Waals surface area (Å²) in [4.78, 5) is 60.1. The fraction of sp³-hybridized carbons (Fsp3) is 0.391. The standard InChI is InChI=1S/C23H26N6O5S/c1-3-34-22(33)15-5-4-6-16(11-15)26-17(30)12-29-13-25-19-18(21(29)32)35-23(27-19)28-9-7-14(8-10-28)20(31)24-2/h4-6,11,13-14H,3,7-10,12H2,1-2H3,(H,24,31)(H,26,30). The zero-order valence-electron chi connectivity index (χ0n) is 19.4. The van der Waals surface area contributed by atoms with Crippen molar-refractivity contribution in [1.29, 1.82) is 0 Å². The molecule has 11 nitrogen and oxygen atoms in total. The number of esters is 1. The summed E-state index contributed by atoms with van der Waals surface area (Å²) in [6, 6.07) is 6.40. The van der Waals surface area contributed by atoms with Gasteiger partial charge in [-0.1, -0.05) is 17.4 Å². The zero-order valence-corrected chi connectivity index (χ0v) is 20.3. The van der Waals surface area contributed by atoms with E-state index >= 15 is 0 Å². The van der Waals surface area contributed by atoms with Gasteiger partial charge < -0.3 is 20.3 Å². The number of ether oxygens (including phenoxy) is 1. The molecule has 3 heterocycles. The van der Waals surface area contributed by atoms with Crippen LogP contribution in [0.1, 0.15) is 30.1 Å². The van der Waals surface area contributed by atoms with Gasteiger partial charge in [-0.05, 0) is 38.0 Å². The molecule has 12 heteroatoms. The Morgan fingerprint density at radius 1 is 1.23 bits per heavy atom. The molecule has 2 amide bonds. The Morgan fingerprint density at radius 2 is 2.00 bits per heavy atom. The number of fused-ring (bicyclic) bond motifs is 1. The van der Waals surface area contributed by atoms with Gasteiger partial charge in [0.1, 0.15) is 17.6 Å². The van der Waals surface area contributed by atoms with Crippen LogP contribution in [-0.4, -0.2) is 59.1 Å². The highest BCUT2D eigenvalue weighted by atomic mass is 32.1. The number of amides is 2. The molecule has 2 aromatic heterocycles. The molecule has 0 bridgehead atoms. The lowest BCUT2D eigenvalue weighted by Crippen LogP contribution is -2.39. The number of thiazole rings is 1. The maximum Gasteiger partial charge on any atom is 0.338 e. The van der Waals surface area contributed by atoms with Crippen molar-refractivity contribution in [2.75, 3.05) is 37.0 Å². The van der Waals surface area contributed by atoms with Crippen LogP contribution in [0.4, 0.5) is 10.8 Å². The summed E-state index contributed by atoms with van der Waals surface area (Å²) in [5.41, 5.74) is 0.723. The van der Waals surface area contributed by atoms with Crippen LogP contribution in [0, 0.1) is 5.92 Å². The minimum atomic E-state index is -0.478. The molecule has 1 fully saturated rings. The van der Waals surface area contributed by atoms with Gasteiger partial charge in [0.2, 0.25) is 11.8 Å². The predicted molar refractivity (Wildman–Crippen MR) is 132 cm³/mol. The van der Waals surface area contributed by atoms with Crippen LogP contribution in [0.5, 0.6) is 0 Å². The van der Waals surface area contributed by atoms with E-state index in [1.807, 2.05) is 0 Å². The Morgan fingerprint density at radius 3 is 2.71 bits per heavy atom. The molecule has 0 unspecified atom stereocenters. The van der Waals surface area contributed by atoms with Gasteiger partial charge in [0.25, 0.3) is 5.56 Å². The van der Waals surface area contributed by atoms with E-state index in [-0.39, 0.29) is 30.5 Å². The van der Waals surface area contributed by atoms with E-state index in [2.05, 4.69) is 25.5 Å². The molecule has 0 aliphatic carbocycles. The van der Waals surface area contributed by atoms with E-state index < -0.39 is 11.9 Å². The third-order valence-corrected chi connectivity index (χ3v) is 6.82. The molecule has 184 valence electrons. The number of hydrogen-bond acceptors (Lipinski definition) is 9. The van der Waals surface area contributed by atoms with Crippen molar-refractivity contribution in [2.24, 2.45) is 5.92 Å². The van der Waals surface area contributed by atoms with E-state index in [0.29, 0.717) is 52.7 Å². The second kappa shape index (κ2) is 10.6. The summed E-state index contributed by atoms with van der Waals surface area (Å²) >= 11 is 1.24. The van der Waals surface area contributed by atoms with Gasteiger partial charge in [-0.3, -0.25) is 19.0 Å². The summed E-state index contributed by atoms with van der Waals surface area (Å²) in [7, 11) is 1.64. The fourth-order valence-corrected chi connectivity index (χ4v) is 4.93. The predicted octanol–water partition coefficient (Wildman–Crippen LogP) is 1.63. The first kappa shape index (κ1) is 24.3. The van der Waals surface area contributed by atoms with Crippen molar-refractivity contribution < 1.29 is 19.1 Å². The molecule has 1 aliphatic rings. The SMILES string of the molecule is CCOC(=O)c1cccc(NC(=O)Cn2cnc3nc(N4CCC(C(=O)NC)CC4)sc3c2=O)c1. The van der Waals surface area contributed by atoms with E-state index in [4.69, 9.17) is 4.74 Å². The highest BCUT2D eigenvalue weighted by Gasteiger charge is 2.26. The average molecular weight is 499 g/mol. The normalized spacial score (nSPS) is 14.1. The topological polar surface area (TPSA) is 136 Å². The molecule has 0 spiro atoms. The van der Waals surface area contributed by atoms with Crippen LogP contribution < -0.4 is 21.1 Å². The Kier molecular flexibility index (Phi) is 7.39. The lowest BCUT2D eigenvalue weighted by molar-refractivity contribution is -0.125. The number of piperidine rings is 1. The van der Waals surface area contributed by atoms with Crippen molar-refractivity contribution in [3.63, 3.8) is 0 Å². The second-order valence-electron chi connectivity index (χ2n) is 8.05. The lowest BCUT2D eigenvalue weighted by atomic mass is 9.96. The Labute approximate surface area is 205 Å². The molecule has 1 aliphatic heterocycles. The van der Waals surface area contributed by atoms with E-state index in [1.54, 1.807) is 32.2 Å². The zero-order chi connectivity index (χ0) is 24.9. The summed E-state index contributed by atoms with van der Waals surface area (Å²) in [6.07, 6.45) is 2.73. The number of nitrogens with zero attached hydrogens (tertiary/aromatic N) is 4. The number of carbonyl (C=O) groups excluding carboxylic acids is 3. The number of rotatable bonds is 7. The minimum Gasteiger partial charge on any atom is -0.462 e. The largest absolute Gasteiger partial charge is 0.462 e. The number of carbonyl (C=O) groups is 3. The van der Waals surface area contributed by atoms with E-state index in [1.165, 1.54) is 28.3 Å². The number of anilines is 2. The van der Waals surface area contributed by atoms with Gasteiger partial charge in [0, 0.05) is 31.7 Å². The number of aromatic nitrogens is 3. The molecule has 4 rings (SSSR count). The highest BCUT2D eigenvalue weighted by molar-refractivity contribution is 7.22. The van der Waals surface area contributed by atoms with Crippen LogP contribution in [0.3, 0.4) is 0 Å². The molecule has 0 saturated carbocycles. The monoisotopic (exact) mass is 498 g/mol. The number of hydrogen-bond donors (Lipinski definition) is 2. The van der Waals surface area contributed by atoms with Crippen molar-refractivity contribution in [1.82, 2.24) is 19.9 Å². The Bertz CT molecular complexity index is 1310. The van der Waals surface area contributed by atoms with Crippen molar-refractivity contribution in [3.8, 4) is 0 Å². The van der Waals surface area contributed by atoms with Gasteiger partial charge in [-0.2, -0.15) is 4.98 Å². The van der Waals surface area contributed by atoms with Gasteiger partial charge >= 0.3 is 5.97 Å². The van der Waals surface area contributed by atoms with Crippen molar-refractivity contribution in [2.45, 2.75) is 26.3 Å². The maximum atomic E-state index is 13.0. The van der Waals surface area contributed by atoms with Gasteiger partial charge in [-0.15, -0.1) is 0 Å². The molecule has 2 N–H and O–H groups in total. The first-order valence-corrected chi connectivity index (χ1v) is 12.1. The smallest absolute Gasteiger partial charge is 0.338 e. The molecule has 0 atom stereocenters. The molecule has 35 heavy (non-hydrogen) atoms. The highest BCUT2D eigenvalue weighted by Crippen LogP contribution is 2.29. The van der Waals surface area contributed by atoms with E-state index in [9.17, 15) is 19.2 Å². The summed E-state index contributed by atoms with van der Waals surface area (Å²) in [5, 5.41) is 6.06. The van der Waals surface area contributed by atoms with Crippen molar-refractivity contribution in [3.05, 3.63) is 46.5 Å². The first-order chi connectivity index (χ1) is 16.9. The third-order valence-electron chi connectivity index (χ3n) is 5.73. The van der Waals surface area contributed by atoms with Gasteiger partial charge in [0.15, 0.2) is 10.8 Å². The van der Waals surface area contributed by atoms with Crippen LogP contribution in [-0.2, 0) is 20.9 Å². The summed E-state index contributed by atoms with van der Waals surface area (Å²) in [5.74, 6) is -0.884. The number of benzene rings is 1. The molecule has 1 saturated heterocycles. The Balaban J connectivity index is 1.44. The number of nitrogens with one attached hydrogen (secondary N) is 2. The molecular formula is C23H26N6O5S. The lowest BCUT2D eigenvalue weighted by Gasteiger charge is -2.30. The van der Waals surface area contributed by atoms with Crippen LogP contribution in [0.2, 0.25) is 0 Å². The van der Waals surface area contributed by atoms with Crippen LogP contribution >= 0.6 is 11.3 Å². The molecule has 1 aromatic carbocycles. The summed E-state index contributed by atoms with van der Waals surface area (Å²) in [6.45, 7) is 3.06. The van der Waals surface area contributed by atoms with Crippen LogP contribution in [0.25, 0.3) is 10.3 Å². The van der Waals surface area contributed by atoms with Crippen LogP contribution in [0.15, 0.2) is 35.4 Å². The van der Waals surface area contributed by atoms with Gasteiger partial charge in [-0.25, -0.2) is 9.78 Å². The Hall–Kier alpha value is -3.80.